The quantitative estimate of drug-likeness (QED) is 0.414. The third-order valence-corrected chi connectivity index (χ3v) is 8.14. The molecule has 4 N–H and O–H groups in total. The molecule has 1 unspecified atom stereocenters. The summed E-state index contributed by atoms with van der Waals surface area (Å²) < 4.78 is 5.71. The molecular weight excluding hydrogens is 510 g/mol. The van der Waals surface area contributed by atoms with E-state index in [1.54, 1.807) is 22.5 Å². The van der Waals surface area contributed by atoms with E-state index >= 15 is 0 Å². The van der Waals surface area contributed by atoms with Crippen LogP contribution in [0.25, 0.3) is 11.0 Å². The Hall–Kier alpha value is -3.67. The number of amides is 1. The zero-order valence-electron chi connectivity index (χ0n) is 20.8. The van der Waals surface area contributed by atoms with Crippen LogP contribution in [0.5, 0.6) is 0 Å². The molecule has 2 aliphatic heterocycles. The lowest BCUT2D eigenvalue weighted by molar-refractivity contribution is -0.138. The molecule has 0 aliphatic carbocycles. The molecule has 5 rings (SSSR count). The summed E-state index contributed by atoms with van der Waals surface area (Å²) >= 11 is 1.66. The van der Waals surface area contributed by atoms with Crippen molar-refractivity contribution in [3.63, 3.8) is 0 Å². The third kappa shape index (κ3) is 6.07. The number of hydrogen-bond acceptors (Lipinski definition) is 7. The van der Waals surface area contributed by atoms with Gasteiger partial charge in [0.15, 0.2) is 5.58 Å². The van der Waals surface area contributed by atoms with E-state index in [0.717, 1.165) is 60.3 Å². The molecule has 0 spiro atoms. The molecule has 38 heavy (non-hydrogen) atoms. The maximum Gasteiger partial charge on any atom is 0.332 e. The predicted octanol–water partition coefficient (Wildman–Crippen LogP) is 2.83. The number of piperazine rings is 1. The SMILES string of the molecule is O.O=C(O)/C=C(\C(=O)O)C1CCC(=O)N(Cc2ccc(CN3CCN(c4cccc5ccoc45)CC3)s2)C1. The minimum Gasteiger partial charge on any atom is -0.478 e. The molecule has 2 saturated heterocycles. The smallest absolute Gasteiger partial charge is 0.332 e. The number of rotatable bonds is 8. The standard InChI is InChI=1S/C27H29N3O6S.H2O/c31-24-7-4-19(22(27(34)35)14-25(32)33)15-30(24)17-21-6-5-20(37-21)16-28-9-11-29(12-10-28)23-3-1-2-18-8-13-36-26(18)23;/h1-3,5-6,8,13-14,19H,4,7,9-12,15-17H2,(H,32,33)(H,34,35);1H2/b22-14-;. The number of nitrogens with zero attached hydrogens (tertiary/aromatic N) is 3. The van der Waals surface area contributed by atoms with Crippen LogP contribution < -0.4 is 4.90 Å². The van der Waals surface area contributed by atoms with E-state index in [4.69, 9.17) is 9.52 Å². The highest BCUT2D eigenvalue weighted by Crippen LogP contribution is 2.30. The van der Waals surface area contributed by atoms with Crippen LogP contribution in [0.4, 0.5) is 5.69 Å². The number of benzene rings is 1. The third-order valence-electron chi connectivity index (χ3n) is 7.08. The van der Waals surface area contributed by atoms with E-state index in [1.165, 1.54) is 4.88 Å². The maximum absolute atomic E-state index is 12.5. The second kappa shape index (κ2) is 11.8. The lowest BCUT2D eigenvalue weighted by atomic mass is 9.89. The van der Waals surface area contributed by atoms with Gasteiger partial charge in [0.2, 0.25) is 5.91 Å². The Morgan fingerprint density at radius 1 is 1.03 bits per heavy atom. The fourth-order valence-corrected chi connectivity index (χ4v) is 6.26. The molecule has 2 fully saturated rings. The number of thiophene rings is 1. The summed E-state index contributed by atoms with van der Waals surface area (Å²) in [5.41, 5.74) is 1.91. The van der Waals surface area contributed by atoms with E-state index in [0.29, 0.717) is 13.0 Å². The molecule has 0 saturated carbocycles. The summed E-state index contributed by atoms with van der Waals surface area (Å²) in [6.07, 6.45) is 3.03. The predicted molar refractivity (Wildman–Crippen MR) is 143 cm³/mol. The van der Waals surface area contributed by atoms with Crippen LogP contribution in [0.3, 0.4) is 0 Å². The van der Waals surface area contributed by atoms with E-state index in [1.807, 2.05) is 12.1 Å². The van der Waals surface area contributed by atoms with E-state index < -0.39 is 17.9 Å². The number of carbonyl (C=O) groups is 3. The second-order valence-electron chi connectivity index (χ2n) is 9.50. The fraction of sp³-hybridized carbons (Fsp3) is 0.370. The van der Waals surface area contributed by atoms with Crippen LogP contribution in [0, 0.1) is 5.92 Å². The van der Waals surface area contributed by atoms with Gasteiger partial charge in [0, 0.05) is 78.4 Å². The molecule has 1 amide bonds. The number of furan rings is 1. The van der Waals surface area contributed by atoms with Gasteiger partial charge < -0.3 is 29.9 Å². The minimum atomic E-state index is -1.29. The van der Waals surface area contributed by atoms with Crippen LogP contribution in [0.2, 0.25) is 0 Å². The van der Waals surface area contributed by atoms with Gasteiger partial charge >= 0.3 is 11.9 Å². The number of likely N-dealkylation sites (tertiary alicyclic amines) is 1. The number of aliphatic carboxylic acids is 2. The summed E-state index contributed by atoms with van der Waals surface area (Å²) in [5.74, 6) is -3.06. The van der Waals surface area contributed by atoms with Crippen molar-refractivity contribution in [2.24, 2.45) is 5.92 Å². The van der Waals surface area contributed by atoms with Gasteiger partial charge in [0.05, 0.1) is 18.5 Å². The Morgan fingerprint density at radius 3 is 2.47 bits per heavy atom. The van der Waals surface area contributed by atoms with Gasteiger partial charge in [-0.15, -0.1) is 11.3 Å². The lowest BCUT2D eigenvalue weighted by Gasteiger charge is -2.35. The Morgan fingerprint density at radius 2 is 1.76 bits per heavy atom. The molecule has 10 nitrogen and oxygen atoms in total. The number of carboxylic acids is 2. The Labute approximate surface area is 223 Å². The first-order valence-electron chi connectivity index (χ1n) is 12.3. The van der Waals surface area contributed by atoms with Crippen molar-refractivity contribution in [3.8, 4) is 0 Å². The summed E-state index contributed by atoms with van der Waals surface area (Å²) in [6, 6.07) is 12.3. The van der Waals surface area contributed by atoms with Crippen molar-refractivity contribution in [2.45, 2.75) is 25.9 Å². The number of carbonyl (C=O) groups excluding carboxylic acids is 1. The van der Waals surface area contributed by atoms with Crippen LogP contribution in [0.15, 0.2) is 58.7 Å². The summed E-state index contributed by atoms with van der Waals surface area (Å²) in [7, 11) is 0. The van der Waals surface area contributed by atoms with Crippen LogP contribution in [-0.2, 0) is 27.5 Å². The van der Waals surface area contributed by atoms with Gasteiger partial charge in [0.25, 0.3) is 0 Å². The Bertz CT molecular complexity index is 1340. The van der Waals surface area contributed by atoms with E-state index in [-0.39, 0.29) is 29.9 Å². The molecule has 11 heteroatoms. The number of para-hydroxylation sites is 1. The summed E-state index contributed by atoms with van der Waals surface area (Å²) in [5, 5.41) is 19.6. The topological polar surface area (TPSA) is 146 Å². The highest BCUT2D eigenvalue weighted by atomic mass is 32.1. The molecule has 3 aromatic rings. The monoisotopic (exact) mass is 541 g/mol. The molecule has 0 radical (unpaired) electrons. The first-order valence-corrected chi connectivity index (χ1v) is 13.2. The zero-order valence-corrected chi connectivity index (χ0v) is 21.7. The van der Waals surface area contributed by atoms with Gasteiger partial charge in [-0.25, -0.2) is 9.59 Å². The summed E-state index contributed by atoms with van der Waals surface area (Å²) in [6.45, 7) is 5.15. The maximum atomic E-state index is 12.5. The average Bonchev–Trinajstić information content (AvgIpc) is 3.53. The lowest BCUT2D eigenvalue weighted by Crippen LogP contribution is -2.45. The van der Waals surface area contributed by atoms with E-state index in [2.05, 4.69) is 34.1 Å². The van der Waals surface area contributed by atoms with Crippen molar-refractivity contribution in [3.05, 3.63) is 64.1 Å². The van der Waals surface area contributed by atoms with Crippen molar-refractivity contribution in [1.82, 2.24) is 9.80 Å². The number of piperidine rings is 1. The highest BCUT2D eigenvalue weighted by molar-refractivity contribution is 7.11. The number of fused-ring (bicyclic) bond motifs is 1. The van der Waals surface area contributed by atoms with Gasteiger partial charge in [-0.1, -0.05) is 12.1 Å². The van der Waals surface area contributed by atoms with Crippen LogP contribution >= 0.6 is 11.3 Å². The first-order chi connectivity index (χ1) is 17.9. The van der Waals surface area contributed by atoms with Crippen molar-refractivity contribution < 1.29 is 34.5 Å². The van der Waals surface area contributed by atoms with Crippen molar-refractivity contribution >= 4 is 45.8 Å². The molecule has 4 heterocycles. The fourth-order valence-electron chi connectivity index (χ4n) is 5.18. The minimum absolute atomic E-state index is 0. The van der Waals surface area contributed by atoms with Crippen LogP contribution in [0.1, 0.15) is 22.6 Å². The highest BCUT2D eigenvalue weighted by Gasteiger charge is 2.31. The Kier molecular flexibility index (Phi) is 8.50. The largest absolute Gasteiger partial charge is 0.478 e. The first kappa shape index (κ1) is 27.4. The van der Waals surface area contributed by atoms with Gasteiger partial charge in [-0.3, -0.25) is 9.69 Å². The van der Waals surface area contributed by atoms with Gasteiger partial charge in [0.1, 0.15) is 0 Å². The average molecular weight is 542 g/mol. The molecule has 202 valence electrons. The summed E-state index contributed by atoms with van der Waals surface area (Å²) in [4.78, 5) is 43.8. The molecule has 2 aliphatic rings. The van der Waals surface area contributed by atoms with Crippen LogP contribution in [-0.4, -0.2) is 76.1 Å². The zero-order chi connectivity index (χ0) is 25.9. The van der Waals surface area contributed by atoms with Crippen molar-refractivity contribution in [2.75, 3.05) is 37.6 Å². The van der Waals surface area contributed by atoms with E-state index in [9.17, 15) is 19.5 Å². The molecule has 1 atom stereocenters. The molecule has 1 aromatic carbocycles. The van der Waals surface area contributed by atoms with Crippen molar-refractivity contribution in [1.29, 1.82) is 0 Å². The normalized spacial score (nSPS) is 19.0. The van der Waals surface area contributed by atoms with Gasteiger partial charge in [-0.05, 0) is 30.7 Å². The number of hydrogen-bond donors (Lipinski definition) is 2. The Balaban J connectivity index is 0.00000336. The molecule has 2 aromatic heterocycles. The molecule has 0 bridgehead atoms. The van der Waals surface area contributed by atoms with Gasteiger partial charge in [-0.2, -0.15) is 0 Å². The number of carboxylic acid groups (broad SMARTS) is 2. The number of anilines is 1. The second-order valence-corrected chi connectivity index (χ2v) is 10.8. The molecular formula is C27H31N3O7S.